The number of rotatable bonds is 1. The topological polar surface area (TPSA) is 0 Å². The van der Waals surface area contributed by atoms with Crippen LogP contribution in [0.5, 0.6) is 0 Å². The molecule has 1 aliphatic rings. The van der Waals surface area contributed by atoms with Crippen LogP contribution < -0.4 is 0 Å². The van der Waals surface area contributed by atoms with Crippen molar-refractivity contribution in [2.75, 3.05) is 20.6 Å². The van der Waals surface area contributed by atoms with E-state index in [4.69, 9.17) is 0 Å². The van der Waals surface area contributed by atoms with Crippen molar-refractivity contribution in [3.05, 3.63) is 71.3 Å². The quantitative estimate of drug-likeness (QED) is 0.668. The lowest BCUT2D eigenvalue weighted by atomic mass is 9.87. The number of hydrogen-bond acceptors (Lipinski definition) is 0. The molecule has 18 heavy (non-hydrogen) atoms. The summed E-state index contributed by atoms with van der Waals surface area (Å²) < 4.78 is 1.04. The van der Waals surface area contributed by atoms with Gasteiger partial charge in [0.1, 0.15) is 6.04 Å². The molecule has 0 spiro atoms. The molecule has 0 aliphatic carbocycles. The molecule has 1 unspecified atom stereocenters. The number of hydrogen-bond donors (Lipinski definition) is 0. The van der Waals surface area contributed by atoms with Gasteiger partial charge in [-0.3, -0.25) is 0 Å². The minimum Gasteiger partial charge on any atom is -0.318 e. The summed E-state index contributed by atoms with van der Waals surface area (Å²) in [5, 5.41) is 0. The minimum atomic E-state index is 0.469. The van der Waals surface area contributed by atoms with Gasteiger partial charge < -0.3 is 4.48 Å². The molecule has 1 aliphatic heterocycles. The highest BCUT2D eigenvalue weighted by Crippen LogP contribution is 2.37. The summed E-state index contributed by atoms with van der Waals surface area (Å²) in [5.74, 6) is 0. The van der Waals surface area contributed by atoms with E-state index in [1.807, 2.05) is 0 Å². The lowest BCUT2D eigenvalue weighted by Gasteiger charge is -2.42. The molecule has 3 rings (SSSR count). The lowest BCUT2D eigenvalue weighted by molar-refractivity contribution is -0.917. The fraction of sp³-hybridized carbons (Fsp3) is 0.294. The minimum absolute atomic E-state index is 0.469. The highest BCUT2D eigenvalue weighted by atomic mass is 15.3. The molecule has 0 radical (unpaired) electrons. The monoisotopic (exact) mass is 238 g/mol. The predicted octanol–water partition coefficient (Wildman–Crippen LogP) is 3.41. The molecule has 0 N–H and O–H groups in total. The Hall–Kier alpha value is -1.60. The summed E-state index contributed by atoms with van der Waals surface area (Å²) in [4.78, 5) is 0. The van der Waals surface area contributed by atoms with E-state index >= 15 is 0 Å². The second-order valence-electron chi connectivity index (χ2n) is 5.76. The first-order chi connectivity index (χ1) is 8.68. The molecule has 0 saturated carbocycles. The van der Waals surface area contributed by atoms with Crippen LogP contribution in [-0.4, -0.2) is 25.1 Å². The van der Waals surface area contributed by atoms with Gasteiger partial charge in [-0.15, -0.1) is 0 Å². The van der Waals surface area contributed by atoms with Gasteiger partial charge in [0.25, 0.3) is 0 Å². The van der Waals surface area contributed by atoms with Gasteiger partial charge in [0, 0.05) is 17.5 Å². The zero-order valence-corrected chi connectivity index (χ0v) is 11.1. The standard InChI is InChI=1S/C17H20N/c1-18(2)13-12-14-8-6-7-11-16(14)17(18)15-9-4-3-5-10-15/h3-11,17H,12-13H2,1-2H3/q+1. The van der Waals surface area contributed by atoms with Gasteiger partial charge in [-0.1, -0.05) is 54.6 Å². The molecular weight excluding hydrogens is 218 g/mol. The van der Waals surface area contributed by atoms with E-state index in [0.717, 1.165) is 4.48 Å². The fourth-order valence-corrected chi connectivity index (χ4v) is 3.16. The smallest absolute Gasteiger partial charge is 0.140 e. The molecule has 1 nitrogen and oxygen atoms in total. The van der Waals surface area contributed by atoms with Gasteiger partial charge >= 0.3 is 0 Å². The Kier molecular flexibility index (Phi) is 2.71. The van der Waals surface area contributed by atoms with Gasteiger partial charge in [0.05, 0.1) is 20.6 Å². The summed E-state index contributed by atoms with van der Waals surface area (Å²) in [5.41, 5.74) is 4.44. The van der Waals surface area contributed by atoms with E-state index in [9.17, 15) is 0 Å². The molecule has 0 bridgehead atoms. The molecular formula is C17H20N+. The highest BCUT2D eigenvalue weighted by molar-refractivity contribution is 5.37. The number of fused-ring (bicyclic) bond motifs is 1. The second-order valence-corrected chi connectivity index (χ2v) is 5.76. The van der Waals surface area contributed by atoms with Crippen LogP contribution in [0.2, 0.25) is 0 Å². The first kappa shape index (κ1) is 11.5. The predicted molar refractivity (Wildman–Crippen MR) is 75.4 cm³/mol. The third-order valence-corrected chi connectivity index (χ3v) is 4.12. The summed E-state index contributed by atoms with van der Waals surface area (Å²) >= 11 is 0. The molecule has 1 heteroatoms. The van der Waals surface area contributed by atoms with Crippen LogP contribution in [0.25, 0.3) is 0 Å². The van der Waals surface area contributed by atoms with E-state index in [-0.39, 0.29) is 0 Å². The van der Waals surface area contributed by atoms with Crippen molar-refractivity contribution in [2.45, 2.75) is 12.5 Å². The molecule has 92 valence electrons. The Bertz CT molecular complexity index is 543. The van der Waals surface area contributed by atoms with Crippen LogP contribution in [0.1, 0.15) is 22.7 Å². The maximum Gasteiger partial charge on any atom is 0.140 e. The Morgan fingerprint density at radius 3 is 2.33 bits per heavy atom. The number of likely N-dealkylation sites (N-methyl/N-ethyl adjacent to an activating group) is 1. The first-order valence-electron chi connectivity index (χ1n) is 6.64. The van der Waals surface area contributed by atoms with Crippen molar-refractivity contribution in [1.29, 1.82) is 0 Å². The van der Waals surface area contributed by atoms with Crippen molar-refractivity contribution in [3.8, 4) is 0 Å². The van der Waals surface area contributed by atoms with E-state index in [0.29, 0.717) is 6.04 Å². The summed E-state index contributed by atoms with van der Waals surface area (Å²) in [6.07, 6.45) is 1.19. The third-order valence-electron chi connectivity index (χ3n) is 4.12. The van der Waals surface area contributed by atoms with Crippen LogP contribution in [-0.2, 0) is 6.42 Å². The number of nitrogens with zero attached hydrogens (tertiary/aromatic N) is 1. The largest absolute Gasteiger partial charge is 0.318 e. The Labute approximate surface area is 109 Å². The van der Waals surface area contributed by atoms with E-state index in [2.05, 4.69) is 68.7 Å². The number of quaternary nitrogens is 1. The summed E-state index contributed by atoms with van der Waals surface area (Å²) in [7, 11) is 4.68. The van der Waals surface area contributed by atoms with E-state index in [1.54, 1.807) is 0 Å². The van der Waals surface area contributed by atoms with Crippen LogP contribution >= 0.6 is 0 Å². The molecule has 0 aromatic heterocycles. The fourth-order valence-electron chi connectivity index (χ4n) is 3.16. The second kappa shape index (κ2) is 4.25. The van der Waals surface area contributed by atoms with Gasteiger partial charge in [0.15, 0.2) is 0 Å². The lowest BCUT2D eigenvalue weighted by Crippen LogP contribution is -2.48. The average molecular weight is 238 g/mol. The SMILES string of the molecule is C[N+]1(C)CCc2ccccc2C1c1ccccc1. The maximum atomic E-state index is 2.34. The molecule has 2 aromatic carbocycles. The average Bonchev–Trinajstić information content (AvgIpc) is 2.39. The molecule has 1 heterocycles. The van der Waals surface area contributed by atoms with Crippen molar-refractivity contribution in [2.24, 2.45) is 0 Å². The van der Waals surface area contributed by atoms with Crippen molar-refractivity contribution in [3.63, 3.8) is 0 Å². The van der Waals surface area contributed by atoms with Gasteiger partial charge in [-0.25, -0.2) is 0 Å². The van der Waals surface area contributed by atoms with Crippen LogP contribution in [0.3, 0.4) is 0 Å². The van der Waals surface area contributed by atoms with E-state index in [1.165, 1.54) is 29.7 Å². The van der Waals surface area contributed by atoms with Gasteiger partial charge in [0.2, 0.25) is 0 Å². The molecule has 0 saturated heterocycles. The van der Waals surface area contributed by atoms with Crippen LogP contribution in [0.15, 0.2) is 54.6 Å². The van der Waals surface area contributed by atoms with E-state index < -0.39 is 0 Å². The normalized spacial score (nSPS) is 21.3. The van der Waals surface area contributed by atoms with Crippen LogP contribution in [0.4, 0.5) is 0 Å². The molecule has 0 fully saturated rings. The van der Waals surface area contributed by atoms with Crippen molar-refractivity contribution in [1.82, 2.24) is 0 Å². The zero-order valence-electron chi connectivity index (χ0n) is 11.1. The van der Waals surface area contributed by atoms with Crippen molar-refractivity contribution >= 4 is 0 Å². The van der Waals surface area contributed by atoms with Gasteiger partial charge in [-0.05, 0) is 5.56 Å². The maximum absolute atomic E-state index is 2.34. The molecule has 2 aromatic rings. The summed E-state index contributed by atoms with van der Waals surface area (Å²) in [6, 6.07) is 20.3. The Morgan fingerprint density at radius 2 is 1.56 bits per heavy atom. The third kappa shape index (κ3) is 1.85. The first-order valence-corrected chi connectivity index (χ1v) is 6.64. The van der Waals surface area contributed by atoms with Crippen molar-refractivity contribution < 1.29 is 4.48 Å². The molecule has 1 atom stereocenters. The van der Waals surface area contributed by atoms with Gasteiger partial charge in [-0.2, -0.15) is 0 Å². The Balaban J connectivity index is 2.16. The highest BCUT2D eigenvalue weighted by Gasteiger charge is 2.36. The summed E-state index contributed by atoms with van der Waals surface area (Å²) in [6.45, 7) is 1.20. The van der Waals surface area contributed by atoms with Crippen LogP contribution in [0, 0.1) is 0 Å². The Morgan fingerprint density at radius 1 is 0.889 bits per heavy atom. The molecule has 0 amide bonds. The zero-order chi connectivity index (χ0) is 12.6. The number of benzene rings is 2.